The molecule has 4 aliphatic rings. The minimum atomic E-state index is -1.66. The lowest BCUT2D eigenvalue weighted by atomic mass is 9.49. The van der Waals surface area contributed by atoms with E-state index in [2.05, 4.69) is 5.43 Å². The van der Waals surface area contributed by atoms with Crippen LogP contribution in [0, 0.1) is 39.6 Å². The number of phenols is 1. The molecule has 2 heterocycles. The highest BCUT2D eigenvalue weighted by molar-refractivity contribution is 6.32. The van der Waals surface area contributed by atoms with E-state index in [-0.39, 0.29) is 40.7 Å². The van der Waals surface area contributed by atoms with Crippen molar-refractivity contribution >= 4 is 63.9 Å². The second-order valence-corrected chi connectivity index (χ2v) is 14.2. The van der Waals surface area contributed by atoms with Crippen LogP contribution in [-0.4, -0.2) is 38.7 Å². The highest BCUT2D eigenvalue weighted by Gasteiger charge is 2.70. The van der Waals surface area contributed by atoms with Gasteiger partial charge in [-0.3, -0.25) is 34.7 Å². The number of amides is 4. The fraction of sp³-hybridized carbons (Fsp3) is 0.211. The highest BCUT2D eigenvalue weighted by atomic mass is 35.5. The van der Waals surface area contributed by atoms with Crippen LogP contribution in [0.1, 0.15) is 29.9 Å². The minimum absolute atomic E-state index is 0.0181. The number of hydrogen-bond acceptors (Lipinski definition) is 8. The van der Waals surface area contributed by atoms with Crippen LogP contribution in [0.25, 0.3) is 0 Å². The first-order chi connectivity index (χ1) is 24.9. The minimum Gasteiger partial charge on any atom is -0.508 e. The standard InChI is InChI=1S/C38H27Cl2FN4O7/c39-20-6-4-19(5-7-20)38-30(35(48)44(37(38)50)42-22-10-8-21(41)9-11-22)18-29-26(33(38)27-13-12-25(46)17-31(27)40)14-15-28-32(29)36(49)43(34(28)47)23-2-1-3-24(16-23)45(51)52/h1-14,16-17,28-30,32-33,42,46H,15,18H2/t28-,29+,30-,32-,33+,38+/m0/s1. The Kier molecular flexibility index (Phi) is 7.92. The SMILES string of the molecule is O=C1[C@@H]2C[C@@H]3C(=CC[C@@H]4C(=O)N(c5cccc([N+](=O)[O-])c5)C(=O)[C@@H]43)[C@H](c3ccc(O)cc3Cl)[C@]2(c2ccc(Cl)cc2)C(=O)N1Nc1ccc(F)cc1. The number of rotatable bonds is 6. The number of nitro groups is 1. The van der Waals surface area contributed by atoms with E-state index < -0.39 is 69.4 Å². The van der Waals surface area contributed by atoms with Crippen molar-refractivity contribution in [3.8, 4) is 5.75 Å². The quantitative estimate of drug-likeness (QED) is 0.0935. The van der Waals surface area contributed by atoms with Gasteiger partial charge in [0.05, 0.1) is 39.5 Å². The van der Waals surface area contributed by atoms with Crippen LogP contribution in [0.15, 0.2) is 103 Å². The molecule has 4 amide bonds. The first-order valence-corrected chi connectivity index (χ1v) is 17.1. The van der Waals surface area contributed by atoms with Gasteiger partial charge in [-0.05, 0) is 84.5 Å². The van der Waals surface area contributed by atoms with E-state index in [1.807, 2.05) is 6.08 Å². The molecule has 52 heavy (non-hydrogen) atoms. The van der Waals surface area contributed by atoms with Gasteiger partial charge in [-0.25, -0.2) is 9.29 Å². The van der Waals surface area contributed by atoms with E-state index in [1.165, 1.54) is 60.7 Å². The van der Waals surface area contributed by atoms with Crippen molar-refractivity contribution in [3.63, 3.8) is 0 Å². The van der Waals surface area contributed by atoms with Gasteiger partial charge in [0.1, 0.15) is 11.6 Å². The lowest BCUT2D eigenvalue weighted by Crippen LogP contribution is -2.53. The number of carbonyl (C=O) groups excluding carboxylic acids is 4. The number of halogens is 3. The number of benzene rings is 4. The number of hydrazine groups is 1. The molecule has 0 aromatic heterocycles. The van der Waals surface area contributed by atoms with Crippen LogP contribution in [0.3, 0.4) is 0 Å². The van der Waals surface area contributed by atoms with Crippen LogP contribution in [0.5, 0.6) is 5.75 Å². The Hall–Kier alpha value is -5.59. The molecule has 11 nitrogen and oxygen atoms in total. The molecule has 4 aromatic rings. The maximum atomic E-state index is 15.2. The van der Waals surface area contributed by atoms with Gasteiger partial charge in [0.2, 0.25) is 11.8 Å². The van der Waals surface area contributed by atoms with Crippen molar-refractivity contribution in [2.24, 2.45) is 23.7 Å². The number of phenolic OH excluding ortho intramolecular Hbond substituents is 1. The van der Waals surface area contributed by atoms with Crippen LogP contribution in [0.2, 0.25) is 10.0 Å². The summed E-state index contributed by atoms with van der Waals surface area (Å²) < 4.78 is 13.8. The molecule has 2 N–H and O–H groups in total. The average Bonchev–Trinajstić information content (AvgIpc) is 3.50. The van der Waals surface area contributed by atoms with Gasteiger partial charge < -0.3 is 5.11 Å². The Morgan fingerprint density at radius 2 is 1.62 bits per heavy atom. The lowest BCUT2D eigenvalue weighted by Gasteiger charge is -2.50. The maximum Gasteiger partial charge on any atom is 0.271 e. The Bertz CT molecular complexity index is 2250. The van der Waals surface area contributed by atoms with Crippen LogP contribution < -0.4 is 10.3 Å². The van der Waals surface area contributed by atoms with Gasteiger partial charge in [-0.1, -0.05) is 59.1 Å². The second kappa shape index (κ2) is 12.3. The number of anilines is 2. The van der Waals surface area contributed by atoms with Gasteiger partial charge in [0, 0.05) is 28.1 Å². The Morgan fingerprint density at radius 3 is 2.31 bits per heavy atom. The number of fused-ring (bicyclic) bond motifs is 4. The molecular weight excluding hydrogens is 714 g/mol. The fourth-order valence-corrected chi connectivity index (χ4v) is 9.16. The van der Waals surface area contributed by atoms with Gasteiger partial charge in [-0.15, -0.1) is 0 Å². The van der Waals surface area contributed by atoms with E-state index in [1.54, 1.807) is 30.3 Å². The normalized spacial score (nSPS) is 26.5. The van der Waals surface area contributed by atoms with Crippen molar-refractivity contribution in [2.75, 3.05) is 10.3 Å². The summed E-state index contributed by atoms with van der Waals surface area (Å²) >= 11 is 13.2. The summed E-state index contributed by atoms with van der Waals surface area (Å²) in [5, 5.41) is 23.3. The number of carbonyl (C=O) groups is 4. The first-order valence-electron chi connectivity index (χ1n) is 16.4. The van der Waals surface area contributed by atoms with E-state index >= 15 is 4.79 Å². The summed E-state index contributed by atoms with van der Waals surface area (Å²) in [6.07, 6.45) is 1.93. The largest absolute Gasteiger partial charge is 0.508 e. The molecule has 1 saturated carbocycles. The molecule has 14 heteroatoms. The first kappa shape index (κ1) is 33.5. The van der Waals surface area contributed by atoms with Crippen molar-refractivity contribution in [2.45, 2.75) is 24.2 Å². The molecule has 8 rings (SSSR count). The number of nitrogens with zero attached hydrogens (tertiary/aromatic N) is 3. The summed E-state index contributed by atoms with van der Waals surface area (Å²) in [5.74, 6) is -7.59. The summed E-state index contributed by atoms with van der Waals surface area (Å²) in [7, 11) is 0. The zero-order chi connectivity index (χ0) is 36.6. The topological polar surface area (TPSA) is 150 Å². The molecule has 262 valence electrons. The summed E-state index contributed by atoms with van der Waals surface area (Å²) in [6.45, 7) is 0. The molecule has 6 atom stereocenters. The molecule has 2 aliphatic heterocycles. The second-order valence-electron chi connectivity index (χ2n) is 13.4. The summed E-state index contributed by atoms with van der Waals surface area (Å²) in [5.41, 5.74) is 2.74. The van der Waals surface area contributed by atoms with E-state index in [0.717, 1.165) is 9.91 Å². The monoisotopic (exact) mass is 740 g/mol. The zero-order valence-electron chi connectivity index (χ0n) is 26.9. The van der Waals surface area contributed by atoms with Gasteiger partial charge in [0.25, 0.3) is 17.5 Å². The molecular formula is C38H27Cl2FN4O7. The number of nitro benzene ring substituents is 1. The summed E-state index contributed by atoms with van der Waals surface area (Å²) in [6, 6.07) is 21.3. The molecule has 2 saturated heterocycles. The van der Waals surface area contributed by atoms with Crippen LogP contribution in [-0.2, 0) is 24.6 Å². The summed E-state index contributed by atoms with van der Waals surface area (Å²) in [4.78, 5) is 70.2. The maximum absolute atomic E-state index is 15.2. The fourth-order valence-electron chi connectivity index (χ4n) is 8.75. The number of aromatic hydroxyl groups is 1. The van der Waals surface area contributed by atoms with Crippen LogP contribution >= 0.6 is 23.2 Å². The van der Waals surface area contributed by atoms with Crippen molar-refractivity contribution in [1.82, 2.24) is 5.01 Å². The number of nitrogens with one attached hydrogen (secondary N) is 1. The molecule has 0 bridgehead atoms. The van der Waals surface area contributed by atoms with E-state index in [9.17, 15) is 34.0 Å². The molecule has 4 aromatic carbocycles. The number of hydrogen-bond donors (Lipinski definition) is 2. The van der Waals surface area contributed by atoms with Gasteiger partial charge in [0.15, 0.2) is 0 Å². The van der Waals surface area contributed by atoms with Crippen molar-refractivity contribution < 1.29 is 33.6 Å². The van der Waals surface area contributed by atoms with Gasteiger partial charge in [-0.2, -0.15) is 5.01 Å². The lowest BCUT2D eigenvalue weighted by molar-refractivity contribution is -0.384. The zero-order valence-corrected chi connectivity index (χ0v) is 28.4. The van der Waals surface area contributed by atoms with Crippen molar-refractivity contribution in [3.05, 3.63) is 140 Å². The molecule has 0 unspecified atom stereocenters. The Labute approximate surface area is 305 Å². The predicted octanol–water partition coefficient (Wildman–Crippen LogP) is 6.94. The number of non-ortho nitro benzene ring substituents is 1. The third-order valence-corrected chi connectivity index (χ3v) is 11.4. The smallest absolute Gasteiger partial charge is 0.271 e. The molecule has 2 aliphatic carbocycles. The molecule has 0 radical (unpaired) electrons. The Balaban J connectivity index is 1.32. The third kappa shape index (κ3) is 4.92. The highest BCUT2D eigenvalue weighted by Crippen LogP contribution is 2.65. The molecule has 0 spiro atoms. The average molecular weight is 742 g/mol. The van der Waals surface area contributed by atoms with Gasteiger partial charge >= 0.3 is 0 Å². The number of allylic oxidation sites excluding steroid dienone is 2. The number of imide groups is 2. The Morgan fingerprint density at radius 1 is 0.885 bits per heavy atom. The van der Waals surface area contributed by atoms with E-state index in [4.69, 9.17) is 23.2 Å². The molecule has 3 fully saturated rings. The van der Waals surface area contributed by atoms with E-state index in [0.29, 0.717) is 21.7 Å². The third-order valence-electron chi connectivity index (χ3n) is 10.8. The predicted molar refractivity (Wildman–Crippen MR) is 188 cm³/mol. The van der Waals surface area contributed by atoms with Crippen LogP contribution in [0.4, 0.5) is 21.5 Å². The van der Waals surface area contributed by atoms with Crippen molar-refractivity contribution in [1.29, 1.82) is 0 Å².